The van der Waals surface area contributed by atoms with Crippen molar-refractivity contribution in [1.82, 2.24) is 0 Å². The predicted octanol–water partition coefficient (Wildman–Crippen LogP) is 13.8. The van der Waals surface area contributed by atoms with E-state index in [4.69, 9.17) is 0 Å². The minimum absolute atomic E-state index is 0.00996. The number of hydrogen-bond donors (Lipinski definition) is 0. The van der Waals surface area contributed by atoms with E-state index in [0.29, 0.717) is 0 Å². The second-order valence-electron chi connectivity index (χ2n) is 14.2. The Balaban J connectivity index is 1.42. The van der Waals surface area contributed by atoms with E-state index in [1.807, 2.05) is 0 Å². The number of benzene rings is 2. The molecule has 2 aromatic carbocycles. The van der Waals surface area contributed by atoms with Crippen molar-refractivity contribution in [3.8, 4) is 33.4 Å². The Hall–Kier alpha value is -4.42. The Morgan fingerprint density at radius 2 is 0.660 bits per heavy atom. The van der Waals surface area contributed by atoms with Crippen molar-refractivity contribution in [2.45, 2.75) is 11.8 Å². The first-order valence-corrected chi connectivity index (χ1v) is 20.2. The molecule has 0 aliphatic heterocycles. The minimum atomic E-state index is -0.00996. The molecular formula is C48H39Br3N2. The maximum atomic E-state index is 3.83. The van der Waals surface area contributed by atoms with Crippen molar-refractivity contribution < 1.29 is 0 Å². The van der Waals surface area contributed by atoms with E-state index in [1.165, 1.54) is 78.1 Å². The molecule has 0 saturated carbocycles. The first-order chi connectivity index (χ1) is 25.7. The lowest BCUT2D eigenvalue weighted by Crippen LogP contribution is -2.09. The number of hydrogen-bond acceptors (Lipinski definition) is 2. The van der Waals surface area contributed by atoms with Gasteiger partial charge in [0, 0.05) is 64.8 Å². The van der Waals surface area contributed by atoms with Gasteiger partial charge in [0.15, 0.2) is 0 Å². The van der Waals surface area contributed by atoms with E-state index in [1.54, 1.807) is 0 Å². The average Bonchev–Trinajstić information content (AvgIpc) is 3.71. The zero-order valence-corrected chi connectivity index (χ0v) is 34.9. The molecule has 0 radical (unpaired) electrons. The highest BCUT2D eigenvalue weighted by molar-refractivity contribution is 9.11. The van der Waals surface area contributed by atoms with Gasteiger partial charge in [-0.15, -0.1) is 0 Å². The number of nitrogens with zero attached hydrogens (tertiary/aromatic N) is 2. The van der Waals surface area contributed by atoms with Crippen LogP contribution in [0.5, 0.6) is 0 Å². The van der Waals surface area contributed by atoms with E-state index in [9.17, 15) is 0 Å². The van der Waals surface area contributed by atoms with Gasteiger partial charge in [-0.25, -0.2) is 0 Å². The average molecular weight is 884 g/mol. The molecular weight excluding hydrogens is 844 g/mol. The molecule has 2 atom stereocenters. The number of fused-ring (bicyclic) bond motifs is 3. The molecule has 0 aromatic heterocycles. The van der Waals surface area contributed by atoms with Gasteiger partial charge in [0.25, 0.3) is 0 Å². The van der Waals surface area contributed by atoms with Crippen molar-refractivity contribution in [1.29, 1.82) is 0 Å². The summed E-state index contributed by atoms with van der Waals surface area (Å²) in [6.07, 6.45) is 0. The highest BCUT2D eigenvalue weighted by Crippen LogP contribution is 2.51. The van der Waals surface area contributed by atoms with Gasteiger partial charge in [-0.2, -0.15) is 0 Å². The number of rotatable bonds is 8. The van der Waals surface area contributed by atoms with Crippen LogP contribution in [0.3, 0.4) is 0 Å². The molecule has 2 aromatic rings. The Morgan fingerprint density at radius 1 is 0.340 bits per heavy atom. The fourth-order valence-electron chi connectivity index (χ4n) is 7.85. The number of halogens is 3. The summed E-state index contributed by atoms with van der Waals surface area (Å²) in [6.45, 7) is 0. The topological polar surface area (TPSA) is 6.48 Å². The summed E-state index contributed by atoms with van der Waals surface area (Å²) >= 11 is 11.3. The summed E-state index contributed by atoms with van der Waals surface area (Å²) in [7, 11) is 8.39. The third-order valence-corrected chi connectivity index (χ3v) is 12.1. The van der Waals surface area contributed by atoms with E-state index in [-0.39, 0.29) is 11.8 Å². The normalized spacial score (nSPS) is 12.7. The Bertz CT molecular complexity index is 2280. The molecule has 0 heterocycles. The van der Waals surface area contributed by atoms with Gasteiger partial charge in [-0.05, 0) is 127 Å². The molecule has 0 bridgehead atoms. The fraction of sp³-hybridized carbons (Fsp3) is 0.125. The summed E-state index contributed by atoms with van der Waals surface area (Å²) in [5, 5.41) is 0. The smallest absolute Gasteiger partial charge is 0.0361 e. The number of anilines is 2. The molecule has 0 spiro atoms. The molecule has 2 nitrogen and oxygen atoms in total. The summed E-state index contributed by atoms with van der Waals surface area (Å²) < 4.78 is 3.18. The van der Waals surface area contributed by atoms with Crippen LogP contribution in [0.15, 0.2) is 165 Å². The van der Waals surface area contributed by atoms with Gasteiger partial charge in [0.1, 0.15) is 0 Å². The maximum Gasteiger partial charge on any atom is 0.0361 e. The largest absolute Gasteiger partial charge is 0.378 e. The van der Waals surface area contributed by atoms with Crippen LogP contribution in [-0.2, 0) is 0 Å². The quantitative estimate of drug-likeness (QED) is 0.150. The zero-order valence-electron chi connectivity index (χ0n) is 30.1. The molecule has 0 saturated heterocycles. The molecule has 0 N–H and O–H groups in total. The van der Waals surface area contributed by atoms with Crippen molar-refractivity contribution in [3.63, 3.8) is 0 Å². The van der Waals surface area contributed by atoms with Crippen molar-refractivity contribution in [2.75, 3.05) is 38.0 Å². The first-order valence-electron chi connectivity index (χ1n) is 17.8. The maximum absolute atomic E-state index is 3.83. The van der Waals surface area contributed by atoms with Crippen LogP contribution in [0, 0.1) is 0 Å². The molecule has 6 aliphatic carbocycles. The van der Waals surface area contributed by atoms with E-state index in [2.05, 4.69) is 237 Å². The van der Waals surface area contributed by atoms with Crippen molar-refractivity contribution >= 4 is 59.2 Å². The summed E-state index contributed by atoms with van der Waals surface area (Å²) in [4.78, 5) is 4.33. The lowest BCUT2D eigenvalue weighted by molar-refractivity contribution is 0.973. The highest BCUT2D eigenvalue weighted by atomic mass is 79.9. The van der Waals surface area contributed by atoms with Gasteiger partial charge in [0.2, 0.25) is 0 Å². The zero-order chi connectivity index (χ0) is 36.8. The van der Waals surface area contributed by atoms with Crippen molar-refractivity contribution in [3.05, 3.63) is 198 Å². The lowest BCUT2D eigenvalue weighted by Gasteiger charge is -2.21. The standard InChI is InChI=1S/C48H39Br3N2/c1-52(2)37-19-7-32(8-20-37)47(43-23-11-30-5-13-34(49)15-25-39(30)43)45-29-46(42-28-18-36(51)17-27-41(42)45)48(33-9-21-38(22-10-33)53(3)4)44-24-12-31-6-14-35(50)16-26-40(31)44/h5-29,47-48H,1-4H3/t47-,48-/m0/s1. The van der Waals surface area contributed by atoms with E-state index < -0.39 is 0 Å². The van der Waals surface area contributed by atoms with Gasteiger partial charge < -0.3 is 9.80 Å². The minimum Gasteiger partial charge on any atom is -0.378 e. The predicted molar refractivity (Wildman–Crippen MR) is 236 cm³/mol. The third-order valence-electron chi connectivity index (χ3n) is 10.6. The van der Waals surface area contributed by atoms with Crippen LogP contribution >= 0.6 is 47.8 Å². The van der Waals surface area contributed by atoms with Gasteiger partial charge >= 0.3 is 0 Å². The molecule has 53 heavy (non-hydrogen) atoms. The second kappa shape index (κ2) is 14.8. The van der Waals surface area contributed by atoms with Gasteiger partial charge in [-0.1, -0.05) is 139 Å². The molecule has 8 rings (SSSR count). The second-order valence-corrected chi connectivity index (χ2v) is 16.9. The van der Waals surface area contributed by atoms with Crippen LogP contribution in [-0.4, -0.2) is 28.2 Å². The molecule has 6 aliphatic rings. The first kappa shape index (κ1) is 35.6. The van der Waals surface area contributed by atoms with E-state index >= 15 is 0 Å². The Labute approximate surface area is 338 Å². The van der Waals surface area contributed by atoms with Crippen LogP contribution in [0.1, 0.15) is 45.2 Å². The summed E-state index contributed by atoms with van der Waals surface area (Å²) in [6, 6.07) is 56.5. The van der Waals surface area contributed by atoms with Gasteiger partial charge in [0.05, 0.1) is 0 Å². The van der Waals surface area contributed by atoms with Crippen LogP contribution in [0.2, 0.25) is 0 Å². The van der Waals surface area contributed by atoms with E-state index in [0.717, 1.165) is 13.4 Å². The highest BCUT2D eigenvalue weighted by Gasteiger charge is 2.32. The SMILES string of the molecule is CN(C)c1ccc([C@@H](c2ccc3ccc(Br)ccc2-3)c2cc([C@@H](c3ccc(N(C)C)cc3)c3ccc4ccc(Br)ccc3-4)c3ccc(Br)ccc2-3)cc1. The van der Waals surface area contributed by atoms with Crippen LogP contribution < -0.4 is 9.80 Å². The molecule has 5 heteroatoms. The molecule has 0 fully saturated rings. The fourth-order valence-corrected chi connectivity index (χ4v) is 8.65. The summed E-state index contributed by atoms with van der Waals surface area (Å²) in [5.41, 5.74) is 17.6. The molecule has 262 valence electrons. The molecule has 0 amide bonds. The van der Waals surface area contributed by atoms with Gasteiger partial charge in [-0.3, -0.25) is 0 Å². The van der Waals surface area contributed by atoms with Crippen LogP contribution in [0.4, 0.5) is 11.4 Å². The third kappa shape index (κ3) is 6.91. The summed E-state index contributed by atoms with van der Waals surface area (Å²) in [5.74, 6) is -0.0199. The monoisotopic (exact) mass is 880 g/mol. The van der Waals surface area contributed by atoms with Crippen molar-refractivity contribution in [2.24, 2.45) is 0 Å². The Kier molecular flexibility index (Phi) is 9.93. The van der Waals surface area contributed by atoms with Crippen LogP contribution in [0.25, 0.3) is 33.4 Å². The lowest BCUT2D eigenvalue weighted by atomic mass is 9.83. The Morgan fingerprint density at radius 3 is 1.02 bits per heavy atom. The molecule has 0 unspecified atom stereocenters.